The third kappa shape index (κ3) is 3.27. The molecule has 0 spiro atoms. The van der Waals surface area contributed by atoms with Crippen molar-refractivity contribution in [3.63, 3.8) is 0 Å². The highest BCUT2D eigenvalue weighted by Gasteiger charge is 2.06. The van der Waals surface area contributed by atoms with Crippen LogP contribution in [0.3, 0.4) is 0 Å². The highest BCUT2D eigenvalue weighted by atomic mass is 16.5. The fourth-order valence-electron chi connectivity index (χ4n) is 0.835. The number of hydrogen-bond donors (Lipinski definition) is 1. The maximum atomic E-state index is 11.3. The van der Waals surface area contributed by atoms with E-state index in [2.05, 4.69) is 4.74 Å². The summed E-state index contributed by atoms with van der Waals surface area (Å²) in [7, 11) is 0. The van der Waals surface area contributed by atoms with Gasteiger partial charge in [-0.3, -0.25) is 0 Å². The first-order valence-electron chi connectivity index (χ1n) is 4.27. The number of carbonyl (C=O) groups excluding carboxylic acids is 1. The summed E-state index contributed by atoms with van der Waals surface area (Å²) < 4.78 is 4.67. The smallest absolute Gasteiger partial charge is 0.342 e. The molecule has 0 aliphatic rings. The number of carboxylic acid groups (broad SMARTS) is 1. The minimum absolute atomic E-state index is 0.0284. The molecule has 0 saturated heterocycles. The average molecular weight is 206 g/mol. The van der Waals surface area contributed by atoms with Gasteiger partial charge < -0.3 is 9.84 Å². The molecule has 0 radical (unpaired) electrons. The summed E-state index contributed by atoms with van der Waals surface area (Å²) >= 11 is 0. The van der Waals surface area contributed by atoms with Gasteiger partial charge >= 0.3 is 11.9 Å². The highest BCUT2D eigenvalue weighted by molar-refractivity contribution is 5.91. The van der Waals surface area contributed by atoms with E-state index in [9.17, 15) is 9.59 Å². The van der Waals surface area contributed by atoms with E-state index < -0.39 is 11.9 Å². The Labute approximate surface area is 86.8 Å². The molecular formula is C11H10O4. The molecule has 0 aliphatic carbocycles. The van der Waals surface area contributed by atoms with Gasteiger partial charge in [0, 0.05) is 0 Å². The van der Waals surface area contributed by atoms with Gasteiger partial charge in [0.05, 0.1) is 11.1 Å². The predicted molar refractivity (Wildman–Crippen MR) is 53.3 cm³/mol. The molecule has 1 aromatic rings. The Kier molecular flexibility index (Phi) is 3.62. The minimum Gasteiger partial charge on any atom is -0.478 e. The van der Waals surface area contributed by atoms with Crippen LogP contribution >= 0.6 is 0 Å². The number of ether oxygens (including phenoxy) is 1. The zero-order valence-electron chi connectivity index (χ0n) is 8.14. The van der Waals surface area contributed by atoms with Crippen LogP contribution in [-0.2, 0) is 9.53 Å². The van der Waals surface area contributed by atoms with Crippen LogP contribution in [0.2, 0.25) is 0 Å². The summed E-state index contributed by atoms with van der Waals surface area (Å²) in [6.45, 7) is 1.35. The summed E-state index contributed by atoms with van der Waals surface area (Å²) in [5.74, 6) is -1.69. The monoisotopic (exact) mass is 206 g/mol. The third-order valence-electron chi connectivity index (χ3n) is 1.69. The zero-order chi connectivity index (χ0) is 11.3. The van der Waals surface area contributed by atoms with Crippen molar-refractivity contribution in [2.75, 3.05) is 0 Å². The van der Waals surface area contributed by atoms with Crippen molar-refractivity contribution in [2.45, 2.75) is 6.92 Å². The van der Waals surface area contributed by atoms with Crippen LogP contribution in [0, 0.1) is 0 Å². The molecule has 0 atom stereocenters. The Balaban J connectivity index is 2.66. The molecule has 0 aromatic heterocycles. The van der Waals surface area contributed by atoms with Crippen LogP contribution in [-0.4, -0.2) is 17.0 Å². The number of aliphatic carboxylic acids is 1. The topological polar surface area (TPSA) is 63.6 Å². The van der Waals surface area contributed by atoms with Crippen LogP contribution in [0.25, 0.3) is 0 Å². The van der Waals surface area contributed by atoms with E-state index in [0.29, 0.717) is 5.56 Å². The van der Waals surface area contributed by atoms with E-state index in [-0.39, 0.29) is 5.57 Å². The Hall–Kier alpha value is -2.10. The molecule has 4 nitrogen and oxygen atoms in total. The van der Waals surface area contributed by atoms with Crippen molar-refractivity contribution in [3.05, 3.63) is 47.7 Å². The van der Waals surface area contributed by atoms with Gasteiger partial charge in [0.15, 0.2) is 0 Å². The number of rotatable bonds is 3. The molecule has 1 rings (SSSR count). The molecule has 0 unspecified atom stereocenters. The van der Waals surface area contributed by atoms with Gasteiger partial charge in [-0.1, -0.05) is 18.2 Å². The Bertz CT molecular complexity index is 392. The Morgan fingerprint density at radius 3 is 2.40 bits per heavy atom. The maximum Gasteiger partial charge on any atom is 0.342 e. The molecule has 0 bridgehead atoms. The van der Waals surface area contributed by atoms with Gasteiger partial charge in [-0.05, 0) is 19.1 Å². The van der Waals surface area contributed by atoms with Gasteiger partial charge in [-0.15, -0.1) is 0 Å². The van der Waals surface area contributed by atoms with Crippen LogP contribution in [0.4, 0.5) is 0 Å². The van der Waals surface area contributed by atoms with Crippen LogP contribution in [0.5, 0.6) is 0 Å². The lowest BCUT2D eigenvalue weighted by atomic mass is 10.2. The lowest BCUT2D eigenvalue weighted by Crippen LogP contribution is -2.03. The molecule has 1 aromatic carbocycles. The lowest BCUT2D eigenvalue weighted by Gasteiger charge is -1.99. The fourth-order valence-corrected chi connectivity index (χ4v) is 0.835. The SMILES string of the molecule is C/C(=C\OC(=O)c1ccccc1)C(=O)O. The highest BCUT2D eigenvalue weighted by Crippen LogP contribution is 2.02. The van der Waals surface area contributed by atoms with E-state index in [1.54, 1.807) is 30.3 Å². The second kappa shape index (κ2) is 4.95. The third-order valence-corrected chi connectivity index (χ3v) is 1.69. The molecule has 0 aliphatic heterocycles. The number of carbonyl (C=O) groups is 2. The van der Waals surface area contributed by atoms with Crippen molar-refractivity contribution in [2.24, 2.45) is 0 Å². The van der Waals surface area contributed by atoms with Crippen molar-refractivity contribution in [1.82, 2.24) is 0 Å². The number of carboxylic acids is 1. The van der Waals surface area contributed by atoms with Gasteiger partial charge in [-0.2, -0.15) is 0 Å². The average Bonchev–Trinajstić information content (AvgIpc) is 2.26. The molecule has 0 amide bonds. The number of benzene rings is 1. The van der Waals surface area contributed by atoms with Gasteiger partial charge in [0.1, 0.15) is 6.26 Å². The second-order valence-electron chi connectivity index (χ2n) is 2.88. The largest absolute Gasteiger partial charge is 0.478 e. The molecule has 0 heterocycles. The summed E-state index contributed by atoms with van der Waals surface area (Å²) in [5, 5.41) is 8.51. The second-order valence-corrected chi connectivity index (χ2v) is 2.88. The summed E-state index contributed by atoms with van der Waals surface area (Å²) in [5.41, 5.74) is 0.353. The molecule has 0 fully saturated rings. The van der Waals surface area contributed by atoms with Gasteiger partial charge in [-0.25, -0.2) is 9.59 Å². The molecule has 0 saturated carbocycles. The van der Waals surface area contributed by atoms with Gasteiger partial charge in [0.25, 0.3) is 0 Å². The van der Waals surface area contributed by atoms with Crippen molar-refractivity contribution in [3.8, 4) is 0 Å². The Morgan fingerprint density at radius 1 is 1.27 bits per heavy atom. The van der Waals surface area contributed by atoms with E-state index in [4.69, 9.17) is 5.11 Å². The van der Waals surface area contributed by atoms with Gasteiger partial charge in [0.2, 0.25) is 0 Å². The van der Waals surface area contributed by atoms with E-state index in [1.807, 2.05) is 0 Å². The summed E-state index contributed by atoms with van der Waals surface area (Å²) in [4.78, 5) is 21.7. The minimum atomic E-state index is -1.11. The lowest BCUT2D eigenvalue weighted by molar-refractivity contribution is -0.132. The molecule has 15 heavy (non-hydrogen) atoms. The summed E-state index contributed by atoms with van der Waals surface area (Å²) in [6.07, 6.45) is 0.928. The zero-order valence-corrected chi connectivity index (χ0v) is 8.14. The Morgan fingerprint density at radius 2 is 1.87 bits per heavy atom. The van der Waals surface area contributed by atoms with E-state index in [1.165, 1.54) is 6.92 Å². The van der Waals surface area contributed by atoms with E-state index >= 15 is 0 Å². The molecular weight excluding hydrogens is 196 g/mol. The molecule has 78 valence electrons. The first kappa shape index (κ1) is 11.0. The van der Waals surface area contributed by atoms with E-state index in [0.717, 1.165) is 6.26 Å². The quantitative estimate of drug-likeness (QED) is 0.465. The maximum absolute atomic E-state index is 11.3. The predicted octanol–water partition coefficient (Wildman–Crippen LogP) is 1.83. The van der Waals surface area contributed by atoms with Crippen LogP contribution in [0.1, 0.15) is 17.3 Å². The first-order valence-corrected chi connectivity index (χ1v) is 4.27. The molecule has 4 heteroatoms. The normalized spacial score (nSPS) is 10.9. The fraction of sp³-hybridized carbons (Fsp3) is 0.0909. The van der Waals surface area contributed by atoms with Crippen molar-refractivity contribution < 1.29 is 19.4 Å². The standard InChI is InChI=1S/C11H10O4/c1-8(10(12)13)7-15-11(14)9-5-3-2-4-6-9/h2-7H,1H3,(H,12,13)/b8-7+. The number of hydrogen-bond acceptors (Lipinski definition) is 3. The molecule has 1 N–H and O–H groups in total. The number of esters is 1. The van der Waals surface area contributed by atoms with Crippen molar-refractivity contribution in [1.29, 1.82) is 0 Å². The van der Waals surface area contributed by atoms with Crippen LogP contribution in [0.15, 0.2) is 42.2 Å². The summed E-state index contributed by atoms with van der Waals surface area (Å²) in [6, 6.07) is 8.35. The van der Waals surface area contributed by atoms with Crippen molar-refractivity contribution >= 4 is 11.9 Å². The van der Waals surface area contributed by atoms with Crippen LogP contribution < -0.4 is 0 Å². The first-order chi connectivity index (χ1) is 7.11.